The molecule has 3 aromatic heterocycles. The van der Waals surface area contributed by atoms with Crippen molar-refractivity contribution in [2.75, 3.05) is 0 Å². The third kappa shape index (κ3) is 5.44. The molecule has 13 rings (SSSR count). The largest absolute Gasteiger partial charge is 0.456 e. The van der Waals surface area contributed by atoms with Crippen LogP contribution < -0.4 is 0 Å². The molecular weight excluding hydrogens is 775 g/mol. The second kappa shape index (κ2) is 13.8. The van der Waals surface area contributed by atoms with Crippen molar-refractivity contribution in [1.29, 1.82) is 0 Å². The first-order chi connectivity index (χ1) is 30.6. The summed E-state index contributed by atoms with van der Waals surface area (Å²) in [5.74, 6) is 0.880. The summed E-state index contributed by atoms with van der Waals surface area (Å²) in [5.41, 5.74) is 9.51. The fraction of sp³-hybridized carbons (Fsp3) is 0.0877. The Hall–Kier alpha value is -7.34. The van der Waals surface area contributed by atoms with E-state index < -0.39 is 0 Å². The molecule has 0 amide bonds. The molecule has 0 aliphatic carbocycles. The lowest BCUT2D eigenvalue weighted by Gasteiger charge is -2.24. The van der Waals surface area contributed by atoms with Gasteiger partial charge in [0.1, 0.15) is 11.2 Å². The smallest absolute Gasteiger partial charge is 0.156 e. The van der Waals surface area contributed by atoms with Gasteiger partial charge in [-0.2, -0.15) is 0 Å². The van der Waals surface area contributed by atoms with Crippen molar-refractivity contribution in [2.24, 2.45) is 15.9 Å². The standard InChI is InChI=1S/C57H39N3OS/c1-34-28-29-48(40-22-12-17-35-14-4-5-18-39(35)40)58-57(45-24-13-23-43-42-20-8-11-27-53(42)62-56(43)45)59-55(34)47-32-38(33-52-54(47)44-21-7-10-26-51(44)61-52)60-49-25-9-6-19-41(49)46-30-36-15-2-3-16-37(36)31-50(46)60/h2-27,30-34,48H,28-29H2,1H3/b58-57-,59-55+. The van der Waals surface area contributed by atoms with E-state index in [-0.39, 0.29) is 12.0 Å². The molecule has 0 spiro atoms. The first-order valence-corrected chi connectivity index (χ1v) is 22.4. The molecule has 0 radical (unpaired) electrons. The Bertz CT molecular complexity index is 3860. The van der Waals surface area contributed by atoms with Gasteiger partial charge in [-0.05, 0) is 88.3 Å². The summed E-state index contributed by atoms with van der Waals surface area (Å²) in [6.45, 7) is 2.36. The van der Waals surface area contributed by atoms with Crippen LogP contribution in [0, 0.1) is 5.92 Å². The second-order valence-electron chi connectivity index (χ2n) is 16.8. The minimum atomic E-state index is -0.0676. The van der Waals surface area contributed by atoms with E-state index in [0.717, 1.165) is 74.2 Å². The molecule has 0 saturated heterocycles. The van der Waals surface area contributed by atoms with Gasteiger partial charge < -0.3 is 8.98 Å². The van der Waals surface area contributed by atoms with Crippen LogP contribution in [0.5, 0.6) is 0 Å². The number of rotatable bonds is 4. The monoisotopic (exact) mass is 813 g/mol. The molecule has 0 fully saturated rings. The minimum absolute atomic E-state index is 0.0676. The van der Waals surface area contributed by atoms with E-state index >= 15 is 0 Å². The van der Waals surface area contributed by atoms with Gasteiger partial charge in [-0.1, -0.05) is 140 Å². The number of aromatic nitrogens is 1. The second-order valence-corrected chi connectivity index (χ2v) is 17.9. The Morgan fingerprint density at radius 2 is 1.23 bits per heavy atom. The highest BCUT2D eigenvalue weighted by molar-refractivity contribution is 7.26. The number of para-hydroxylation sites is 2. The minimum Gasteiger partial charge on any atom is -0.456 e. The first kappa shape index (κ1) is 35.4. The third-order valence-electron chi connectivity index (χ3n) is 13.2. The maximum atomic E-state index is 6.83. The maximum absolute atomic E-state index is 6.83. The SMILES string of the molecule is CC1CCC(c2cccc3ccccc23)/N=C(c2cccc3c2sc2ccccc23)\N=C/1c1cc(-n2c3ccccc3c3cc4ccccc4cc32)cc2oc3ccccc3c12. The van der Waals surface area contributed by atoms with Gasteiger partial charge in [-0.15, -0.1) is 11.3 Å². The number of hydrogen-bond donors (Lipinski definition) is 0. The van der Waals surface area contributed by atoms with Crippen molar-refractivity contribution in [2.45, 2.75) is 25.8 Å². The Kier molecular flexibility index (Phi) is 7.91. The van der Waals surface area contributed by atoms with E-state index in [9.17, 15) is 0 Å². The molecule has 294 valence electrons. The van der Waals surface area contributed by atoms with Crippen LogP contribution in [0.15, 0.2) is 196 Å². The van der Waals surface area contributed by atoms with E-state index in [0.29, 0.717) is 0 Å². The van der Waals surface area contributed by atoms with Gasteiger partial charge in [0, 0.05) is 58.9 Å². The highest BCUT2D eigenvalue weighted by Crippen LogP contribution is 2.42. The molecule has 1 aliphatic rings. The lowest BCUT2D eigenvalue weighted by Crippen LogP contribution is -2.20. The molecule has 4 heterocycles. The predicted octanol–water partition coefficient (Wildman–Crippen LogP) is 15.8. The average molecular weight is 814 g/mol. The molecule has 0 saturated carbocycles. The fourth-order valence-corrected chi connectivity index (χ4v) is 11.5. The Morgan fingerprint density at radius 3 is 2.11 bits per heavy atom. The van der Waals surface area contributed by atoms with E-state index in [2.05, 4.69) is 193 Å². The Morgan fingerprint density at radius 1 is 0.532 bits per heavy atom. The van der Waals surface area contributed by atoms with Crippen LogP contribution in [0.2, 0.25) is 0 Å². The lowest BCUT2D eigenvalue weighted by atomic mass is 9.87. The van der Waals surface area contributed by atoms with E-state index in [1.165, 1.54) is 58.1 Å². The number of aliphatic imine (C=N–C) groups is 2. The zero-order chi connectivity index (χ0) is 40.9. The highest BCUT2D eigenvalue weighted by atomic mass is 32.1. The summed E-state index contributed by atoms with van der Waals surface area (Å²) < 4.78 is 11.7. The molecule has 5 heteroatoms. The summed E-state index contributed by atoms with van der Waals surface area (Å²) in [6, 6.07) is 65.8. The molecule has 0 bridgehead atoms. The Labute approximate surface area is 361 Å². The van der Waals surface area contributed by atoms with Crippen molar-refractivity contribution in [3.63, 3.8) is 0 Å². The van der Waals surface area contributed by atoms with Crippen LogP contribution in [-0.2, 0) is 0 Å². The van der Waals surface area contributed by atoms with Gasteiger partial charge in [0.2, 0.25) is 0 Å². The quantitative estimate of drug-likeness (QED) is 0.174. The van der Waals surface area contributed by atoms with E-state index in [1.807, 2.05) is 11.3 Å². The summed E-state index contributed by atoms with van der Waals surface area (Å²) in [5, 5.41) is 12.1. The van der Waals surface area contributed by atoms with Gasteiger partial charge in [0.15, 0.2) is 5.84 Å². The topological polar surface area (TPSA) is 42.8 Å². The molecule has 2 atom stereocenters. The maximum Gasteiger partial charge on any atom is 0.156 e. The third-order valence-corrected chi connectivity index (χ3v) is 14.4. The summed E-state index contributed by atoms with van der Waals surface area (Å²) >= 11 is 1.83. The summed E-state index contributed by atoms with van der Waals surface area (Å²) in [4.78, 5) is 11.7. The zero-order valence-corrected chi connectivity index (χ0v) is 34.9. The molecule has 0 N–H and O–H groups in total. The fourth-order valence-electron chi connectivity index (χ4n) is 10.3. The van der Waals surface area contributed by atoms with Crippen LogP contribution >= 0.6 is 11.3 Å². The van der Waals surface area contributed by atoms with Crippen molar-refractivity contribution < 1.29 is 4.42 Å². The molecule has 2 unspecified atom stereocenters. The number of amidine groups is 1. The van der Waals surface area contributed by atoms with Crippen LogP contribution in [0.3, 0.4) is 0 Å². The number of nitrogens with zero attached hydrogens (tertiary/aromatic N) is 3. The van der Waals surface area contributed by atoms with Crippen LogP contribution in [0.4, 0.5) is 0 Å². The summed E-state index contributed by atoms with van der Waals surface area (Å²) in [7, 11) is 0. The van der Waals surface area contributed by atoms with Crippen molar-refractivity contribution in [3.05, 3.63) is 199 Å². The van der Waals surface area contributed by atoms with E-state index in [1.54, 1.807) is 0 Å². The zero-order valence-electron chi connectivity index (χ0n) is 34.0. The van der Waals surface area contributed by atoms with Crippen molar-refractivity contribution >= 4 is 108 Å². The summed E-state index contributed by atoms with van der Waals surface area (Å²) in [6.07, 6.45) is 1.80. The lowest BCUT2D eigenvalue weighted by molar-refractivity contribution is 0.558. The van der Waals surface area contributed by atoms with Crippen LogP contribution in [0.1, 0.15) is 42.5 Å². The average Bonchev–Trinajstić information content (AvgIpc) is 3.99. The molecule has 62 heavy (non-hydrogen) atoms. The normalized spacial score (nSPS) is 17.9. The van der Waals surface area contributed by atoms with Gasteiger partial charge >= 0.3 is 0 Å². The molecule has 1 aliphatic heterocycles. The number of benzene rings is 9. The highest BCUT2D eigenvalue weighted by Gasteiger charge is 2.28. The van der Waals surface area contributed by atoms with Gasteiger partial charge in [0.25, 0.3) is 0 Å². The first-order valence-electron chi connectivity index (χ1n) is 21.6. The Balaban J connectivity index is 1.11. The number of hydrogen-bond acceptors (Lipinski definition) is 4. The molecule has 12 aromatic rings. The van der Waals surface area contributed by atoms with Crippen molar-refractivity contribution in [3.8, 4) is 5.69 Å². The predicted molar refractivity (Wildman–Crippen MR) is 263 cm³/mol. The van der Waals surface area contributed by atoms with Crippen LogP contribution in [0.25, 0.3) is 91.1 Å². The van der Waals surface area contributed by atoms with Crippen LogP contribution in [-0.4, -0.2) is 16.1 Å². The molecule has 4 nitrogen and oxygen atoms in total. The van der Waals surface area contributed by atoms with E-state index in [4.69, 9.17) is 14.4 Å². The number of fused-ring (bicyclic) bond motifs is 11. The van der Waals surface area contributed by atoms with Gasteiger partial charge in [-0.3, -0.25) is 4.99 Å². The van der Waals surface area contributed by atoms with Gasteiger partial charge in [0.05, 0.1) is 28.5 Å². The van der Waals surface area contributed by atoms with Gasteiger partial charge in [-0.25, -0.2) is 4.99 Å². The molecule has 9 aromatic carbocycles. The number of furan rings is 1. The van der Waals surface area contributed by atoms with Crippen molar-refractivity contribution in [1.82, 2.24) is 4.57 Å². The molecular formula is C57H39N3OS. The number of thiophene rings is 1.